The van der Waals surface area contributed by atoms with Crippen molar-refractivity contribution in [2.45, 2.75) is 0 Å². The second-order valence-electron chi connectivity index (χ2n) is 12.5. The van der Waals surface area contributed by atoms with E-state index in [-0.39, 0.29) is 0 Å². The molecule has 2 aromatic heterocycles. The van der Waals surface area contributed by atoms with Gasteiger partial charge in [0.15, 0.2) is 0 Å². The van der Waals surface area contributed by atoms with Crippen molar-refractivity contribution in [3.05, 3.63) is 170 Å². The summed E-state index contributed by atoms with van der Waals surface area (Å²) in [4.78, 5) is 9.51. The first-order valence-electron chi connectivity index (χ1n) is 16.6. The summed E-state index contributed by atoms with van der Waals surface area (Å²) >= 11 is 1.90. The van der Waals surface area contributed by atoms with E-state index in [0.717, 1.165) is 21.8 Å². The summed E-state index contributed by atoms with van der Waals surface area (Å²) in [5.74, 6) is 0. The maximum absolute atomic E-state index is 4.78. The summed E-state index contributed by atoms with van der Waals surface area (Å²) in [5, 5.41) is 7.21. The second kappa shape index (κ2) is 11.2. The number of rotatable bonds is 4. The van der Waals surface area contributed by atoms with Gasteiger partial charge in [-0.05, 0) is 67.9 Å². The van der Waals surface area contributed by atoms with Gasteiger partial charge in [0, 0.05) is 48.9 Å². The molecule has 49 heavy (non-hydrogen) atoms. The Hall–Kier alpha value is -6.16. The third-order valence-electron chi connectivity index (χ3n) is 9.76. The lowest BCUT2D eigenvalue weighted by atomic mass is 9.89. The normalized spacial score (nSPS) is 11.7. The Morgan fingerprint density at radius 2 is 0.837 bits per heavy atom. The number of benzene rings is 8. The number of aromatic nitrogens is 2. The van der Waals surface area contributed by atoms with Gasteiger partial charge in [-0.15, -0.1) is 11.3 Å². The van der Waals surface area contributed by atoms with Gasteiger partial charge in [-0.2, -0.15) is 0 Å². The van der Waals surface area contributed by atoms with Gasteiger partial charge in [0.2, 0.25) is 0 Å². The lowest BCUT2D eigenvalue weighted by Gasteiger charge is -2.15. The van der Waals surface area contributed by atoms with Crippen LogP contribution in [0.25, 0.3) is 97.3 Å². The topological polar surface area (TPSA) is 25.8 Å². The minimum absolute atomic E-state index is 0.938. The molecule has 3 heteroatoms. The van der Waals surface area contributed by atoms with Crippen LogP contribution in [-0.4, -0.2) is 9.97 Å². The number of hydrogen-bond donors (Lipinski definition) is 0. The van der Waals surface area contributed by atoms with Crippen molar-refractivity contribution in [1.82, 2.24) is 9.97 Å². The van der Waals surface area contributed by atoms with E-state index in [1.54, 1.807) is 12.4 Å². The van der Waals surface area contributed by atoms with Gasteiger partial charge in [0.05, 0.1) is 11.0 Å². The van der Waals surface area contributed by atoms with E-state index >= 15 is 0 Å². The summed E-state index contributed by atoms with van der Waals surface area (Å²) in [5.41, 5.74) is 11.7. The highest BCUT2D eigenvalue weighted by Gasteiger charge is 2.18. The van der Waals surface area contributed by atoms with E-state index in [0.29, 0.717) is 0 Å². The van der Waals surface area contributed by atoms with Crippen molar-refractivity contribution in [3.8, 4) is 44.5 Å². The van der Waals surface area contributed by atoms with Gasteiger partial charge in [-0.25, -0.2) is 0 Å². The van der Waals surface area contributed by atoms with Crippen LogP contribution in [0.3, 0.4) is 0 Å². The smallest absolute Gasteiger partial charge is 0.0971 e. The van der Waals surface area contributed by atoms with Crippen molar-refractivity contribution in [2.24, 2.45) is 0 Å². The van der Waals surface area contributed by atoms with Gasteiger partial charge in [0.25, 0.3) is 0 Å². The molecule has 0 amide bonds. The zero-order valence-corrected chi connectivity index (χ0v) is 27.3. The third kappa shape index (κ3) is 4.47. The zero-order valence-electron chi connectivity index (χ0n) is 26.5. The number of thiophene rings is 1. The summed E-state index contributed by atoms with van der Waals surface area (Å²) in [7, 11) is 0. The molecule has 228 valence electrons. The number of fused-ring (bicyclic) bond motifs is 9. The summed E-state index contributed by atoms with van der Waals surface area (Å²) < 4.78 is 2.64. The van der Waals surface area contributed by atoms with Crippen LogP contribution in [0.2, 0.25) is 0 Å². The molecular weight excluding hydrogens is 613 g/mol. The highest BCUT2D eigenvalue weighted by Crippen LogP contribution is 2.47. The molecule has 0 aliphatic rings. The van der Waals surface area contributed by atoms with Gasteiger partial charge in [-0.1, -0.05) is 140 Å². The fourth-order valence-electron chi connectivity index (χ4n) is 7.52. The zero-order chi connectivity index (χ0) is 32.3. The van der Waals surface area contributed by atoms with Crippen molar-refractivity contribution in [3.63, 3.8) is 0 Å². The summed E-state index contributed by atoms with van der Waals surface area (Å²) in [6.45, 7) is 0. The Morgan fingerprint density at radius 1 is 0.306 bits per heavy atom. The first kappa shape index (κ1) is 27.9. The minimum atomic E-state index is 0.938. The van der Waals surface area contributed by atoms with E-state index in [9.17, 15) is 0 Å². The fraction of sp³-hybridized carbons (Fsp3) is 0. The average molecular weight is 641 g/mol. The molecular formula is C46H28N2S. The Morgan fingerprint density at radius 3 is 1.57 bits per heavy atom. The number of nitrogens with zero attached hydrogens (tertiary/aromatic N) is 2. The standard InChI is InChI=1S/C46H28N2S/c1-3-12-29(13-4-1)35-20-11-21-39-42-28-32(27-40(46(42)49-45(35)39)30-14-5-2-6-15-30)34-17-8-7-16-33(34)31-22-23-38-41(26-31)36-18-9-10-19-37(36)43-44(38)48-25-24-47-43/h1-28H. The summed E-state index contributed by atoms with van der Waals surface area (Å²) in [6, 6.07) is 57.3. The molecule has 0 N–H and O–H groups in total. The van der Waals surface area contributed by atoms with Crippen LogP contribution in [0.5, 0.6) is 0 Å². The molecule has 0 unspecified atom stereocenters. The van der Waals surface area contributed by atoms with E-state index in [2.05, 4.69) is 158 Å². The predicted octanol–water partition coefficient (Wildman–Crippen LogP) is 13.0. The number of hydrogen-bond acceptors (Lipinski definition) is 3. The molecule has 0 saturated heterocycles. The van der Waals surface area contributed by atoms with Crippen molar-refractivity contribution in [2.75, 3.05) is 0 Å². The van der Waals surface area contributed by atoms with Crippen LogP contribution < -0.4 is 0 Å². The molecule has 0 spiro atoms. The van der Waals surface area contributed by atoms with Gasteiger partial charge in [-0.3, -0.25) is 9.97 Å². The van der Waals surface area contributed by atoms with E-state index in [1.165, 1.54) is 75.5 Å². The fourth-order valence-corrected chi connectivity index (χ4v) is 8.87. The maximum Gasteiger partial charge on any atom is 0.0971 e. The molecule has 0 saturated carbocycles. The van der Waals surface area contributed by atoms with Gasteiger partial charge in [0.1, 0.15) is 0 Å². The SMILES string of the molecule is c1ccc(-c2cccc3c2sc2c(-c4ccccc4)cc(-c4ccccc4-c4ccc5c(c4)c4ccccc4c4nccnc54)cc23)cc1. The lowest BCUT2D eigenvalue weighted by Crippen LogP contribution is -1.90. The molecule has 0 bridgehead atoms. The van der Waals surface area contributed by atoms with Gasteiger partial charge < -0.3 is 0 Å². The van der Waals surface area contributed by atoms with Crippen molar-refractivity contribution in [1.29, 1.82) is 0 Å². The second-order valence-corrected chi connectivity index (χ2v) is 13.5. The molecule has 10 rings (SSSR count). The van der Waals surface area contributed by atoms with E-state index in [1.807, 2.05) is 11.3 Å². The Bertz CT molecular complexity index is 2840. The molecule has 0 aliphatic heterocycles. The molecule has 0 atom stereocenters. The van der Waals surface area contributed by atoms with Crippen LogP contribution in [0.15, 0.2) is 170 Å². The molecule has 0 aliphatic carbocycles. The summed E-state index contributed by atoms with van der Waals surface area (Å²) in [6.07, 6.45) is 3.57. The Kier molecular flexibility index (Phi) is 6.39. The molecule has 0 fully saturated rings. The van der Waals surface area contributed by atoms with Crippen LogP contribution in [0.1, 0.15) is 0 Å². The molecule has 10 aromatic rings. The Labute approximate surface area is 287 Å². The lowest BCUT2D eigenvalue weighted by molar-refractivity contribution is 1.31. The highest BCUT2D eigenvalue weighted by atomic mass is 32.1. The average Bonchev–Trinajstić information content (AvgIpc) is 3.57. The quantitative estimate of drug-likeness (QED) is 0.179. The largest absolute Gasteiger partial charge is 0.252 e. The van der Waals surface area contributed by atoms with Gasteiger partial charge >= 0.3 is 0 Å². The van der Waals surface area contributed by atoms with E-state index < -0.39 is 0 Å². The van der Waals surface area contributed by atoms with E-state index in [4.69, 9.17) is 9.97 Å². The van der Waals surface area contributed by atoms with Crippen LogP contribution in [0, 0.1) is 0 Å². The molecule has 8 aromatic carbocycles. The minimum Gasteiger partial charge on any atom is -0.252 e. The van der Waals surface area contributed by atoms with Crippen LogP contribution in [0.4, 0.5) is 0 Å². The monoisotopic (exact) mass is 640 g/mol. The molecule has 0 radical (unpaired) electrons. The molecule has 2 nitrogen and oxygen atoms in total. The van der Waals surface area contributed by atoms with Crippen LogP contribution in [-0.2, 0) is 0 Å². The van der Waals surface area contributed by atoms with Crippen molar-refractivity contribution < 1.29 is 0 Å². The van der Waals surface area contributed by atoms with Crippen molar-refractivity contribution >= 4 is 64.1 Å². The molecule has 2 heterocycles. The first-order chi connectivity index (χ1) is 24.3. The predicted molar refractivity (Wildman–Crippen MR) is 209 cm³/mol. The Balaban J connectivity index is 1.23. The first-order valence-corrected chi connectivity index (χ1v) is 17.4. The van der Waals surface area contributed by atoms with Crippen LogP contribution >= 0.6 is 11.3 Å². The third-order valence-corrected chi connectivity index (χ3v) is 11.1. The highest BCUT2D eigenvalue weighted by molar-refractivity contribution is 7.26. The maximum atomic E-state index is 4.78.